The molecule has 14 heteroatoms. The summed E-state index contributed by atoms with van der Waals surface area (Å²) in [5.74, 6) is -21.3. The number of hydrogen-bond donors (Lipinski definition) is 0. The van der Waals surface area contributed by atoms with Gasteiger partial charge in [-0.15, -0.1) is 0 Å². The van der Waals surface area contributed by atoms with Crippen molar-refractivity contribution in [2.24, 2.45) is 0 Å². The number of halogens is 14. The zero-order valence-electron chi connectivity index (χ0n) is 8.29. The predicted octanol–water partition coefficient (Wildman–Crippen LogP) is 5.66. The molecule has 0 N–H and O–H groups in total. The average Bonchev–Trinajstić information content (AvgIpc) is 2.12. The van der Waals surface area contributed by atoms with Crippen LogP contribution in [0.1, 0.15) is 0 Å². The molecule has 0 amide bonds. The Morgan fingerprint density at radius 1 is 0.550 bits per heavy atom. The highest BCUT2D eigenvalue weighted by Gasteiger charge is 2.88. The molecule has 0 aliphatic heterocycles. The molecule has 0 radical (unpaired) electrons. The van der Waals surface area contributed by atoms with Gasteiger partial charge in [0.05, 0.1) is 0 Å². The van der Waals surface area contributed by atoms with Crippen molar-refractivity contribution in [2.75, 3.05) is 0 Å². The molecule has 0 heterocycles. The minimum atomic E-state index is -7.28. The molecule has 0 aromatic heterocycles. The molecule has 0 aromatic rings. The van der Waals surface area contributed by atoms with Crippen LogP contribution in [0.4, 0.5) is 48.3 Å². The summed E-state index contributed by atoms with van der Waals surface area (Å²) in [6.45, 7) is 0. The van der Waals surface area contributed by atoms with E-state index in [9.17, 15) is 48.3 Å². The SMILES string of the molecule is FC(F)(Cl)C(F)(Cl)C(F)(F)C(F)(F)C(F)(F)C(F)(F)I. The zero-order valence-corrected chi connectivity index (χ0v) is 12.0. The topological polar surface area (TPSA) is 0 Å². The maximum atomic E-state index is 12.9. The lowest BCUT2D eigenvalue weighted by atomic mass is 10.00. The van der Waals surface area contributed by atoms with Gasteiger partial charge >= 0.3 is 32.2 Å². The van der Waals surface area contributed by atoms with Crippen LogP contribution in [0.2, 0.25) is 0 Å². The highest BCUT2D eigenvalue weighted by Crippen LogP contribution is 2.62. The van der Waals surface area contributed by atoms with Crippen LogP contribution in [0, 0.1) is 0 Å². The first-order valence-corrected chi connectivity index (χ1v) is 5.73. The summed E-state index contributed by atoms with van der Waals surface area (Å²) in [5, 5.41) is -12.2. The van der Waals surface area contributed by atoms with Gasteiger partial charge in [-0.05, 0) is 11.6 Å². The van der Waals surface area contributed by atoms with Crippen molar-refractivity contribution in [2.45, 2.75) is 32.2 Å². The molecule has 0 aliphatic rings. The second-order valence-electron chi connectivity index (χ2n) is 3.29. The van der Waals surface area contributed by atoms with E-state index < -0.39 is 54.8 Å². The van der Waals surface area contributed by atoms with Crippen molar-refractivity contribution in [3.63, 3.8) is 0 Å². The second-order valence-corrected chi connectivity index (χ2v) is 5.64. The number of hydrogen-bond acceptors (Lipinski definition) is 0. The van der Waals surface area contributed by atoms with Crippen LogP contribution in [-0.4, -0.2) is 32.2 Å². The molecule has 0 aromatic carbocycles. The first-order chi connectivity index (χ1) is 8.25. The molecule has 0 rings (SSSR count). The lowest BCUT2D eigenvalue weighted by Gasteiger charge is -2.39. The monoisotopic (exact) mass is 478 g/mol. The van der Waals surface area contributed by atoms with Crippen molar-refractivity contribution < 1.29 is 48.3 Å². The summed E-state index contributed by atoms with van der Waals surface area (Å²) < 4.78 is 133. The molecule has 0 nitrogen and oxygen atoms in total. The fourth-order valence-corrected chi connectivity index (χ4v) is 1.33. The molecule has 0 saturated heterocycles. The van der Waals surface area contributed by atoms with Crippen LogP contribution >= 0.6 is 45.8 Å². The Balaban J connectivity index is 6.08. The van der Waals surface area contributed by atoms with Crippen molar-refractivity contribution in [3.8, 4) is 0 Å². The summed E-state index contributed by atoms with van der Waals surface area (Å²) in [4.78, 5) is 0. The largest absolute Gasteiger partial charge is 0.387 e. The third kappa shape index (κ3) is 2.75. The van der Waals surface area contributed by atoms with Gasteiger partial charge in [-0.1, -0.05) is 11.6 Å². The van der Waals surface area contributed by atoms with Gasteiger partial charge in [0.15, 0.2) is 0 Å². The van der Waals surface area contributed by atoms with Crippen LogP contribution in [0.3, 0.4) is 0 Å². The van der Waals surface area contributed by atoms with Gasteiger partial charge in [0.25, 0.3) is 0 Å². The molecule has 0 aliphatic carbocycles. The molecule has 0 bridgehead atoms. The summed E-state index contributed by atoms with van der Waals surface area (Å²) >= 11 is 6.83. The van der Waals surface area contributed by atoms with E-state index in [1.807, 2.05) is 0 Å². The fraction of sp³-hybridized carbons (Fsp3) is 1.00. The van der Waals surface area contributed by atoms with E-state index >= 15 is 0 Å². The van der Waals surface area contributed by atoms with E-state index in [4.69, 9.17) is 0 Å². The van der Waals surface area contributed by atoms with Gasteiger partial charge in [-0.25, -0.2) is 4.39 Å². The van der Waals surface area contributed by atoms with Crippen LogP contribution < -0.4 is 0 Å². The van der Waals surface area contributed by atoms with Crippen molar-refractivity contribution >= 4 is 45.8 Å². The molecule has 0 spiro atoms. The van der Waals surface area contributed by atoms with Crippen LogP contribution in [0.5, 0.6) is 0 Å². The van der Waals surface area contributed by atoms with E-state index in [0.717, 1.165) is 0 Å². The molecule has 1 atom stereocenters. The normalized spacial score (nSPS) is 18.9. The Morgan fingerprint density at radius 2 is 0.850 bits per heavy atom. The van der Waals surface area contributed by atoms with E-state index in [1.165, 1.54) is 0 Å². The quantitative estimate of drug-likeness (QED) is 0.272. The second kappa shape index (κ2) is 5.03. The molecule has 0 fully saturated rings. The Hall–Kier alpha value is 0.540. The van der Waals surface area contributed by atoms with Gasteiger partial charge in [-0.3, -0.25) is 0 Å². The number of rotatable bonds is 5. The summed E-state index contributed by atoms with van der Waals surface area (Å²) in [6, 6.07) is 0. The Kier molecular flexibility index (Phi) is 5.17. The zero-order chi connectivity index (χ0) is 17.0. The lowest BCUT2D eigenvalue weighted by molar-refractivity contribution is -0.369. The average molecular weight is 479 g/mol. The predicted molar refractivity (Wildman–Crippen MR) is 54.3 cm³/mol. The van der Waals surface area contributed by atoms with Crippen LogP contribution in [0.15, 0.2) is 0 Å². The summed E-state index contributed by atoms with van der Waals surface area (Å²) in [5.41, 5.74) is 0. The first kappa shape index (κ1) is 20.5. The molecule has 20 heavy (non-hydrogen) atoms. The van der Waals surface area contributed by atoms with E-state index in [1.54, 1.807) is 0 Å². The van der Waals surface area contributed by atoms with Crippen molar-refractivity contribution in [3.05, 3.63) is 0 Å². The summed E-state index contributed by atoms with van der Waals surface area (Å²) in [7, 11) is 0. The molecular formula is C6Cl2F11I. The molecule has 122 valence electrons. The summed E-state index contributed by atoms with van der Waals surface area (Å²) in [6.07, 6.45) is 0. The van der Waals surface area contributed by atoms with Crippen LogP contribution in [-0.2, 0) is 0 Å². The van der Waals surface area contributed by atoms with Crippen LogP contribution in [0.25, 0.3) is 0 Å². The highest BCUT2D eigenvalue weighted by molar-refractivity contribution is 14.1. The number of alkyl halides is 14. The maximum absolute atomic E-state index is 12.9. The van der Waals surface area contributed by atoms with Gasteiger partial charge in [0.1, 0.15) is 0 Å². The third-order valence-corrected chi connectivity index (χ3v) is 3.40. The molecule has 0 saturated carbocycles. The highest BCUT2D eigenvalue weighted by atomic mass is 127. The maximum Gasteiger partial charge on any atom is 0.387 e. The van der Waals surface area contributed by atoms with E-state index in [2.05, 4.69) is 23.2 Å². The van der Waals surface area contributed by atoms with Gasteiger partial charge in [0.2, 0.25) is 0 Å². The molecular weight excluding hydrogens is 479 g/mol. The smallest absolute Gasteiger partial charge is 0.211 e. The minimum Gasteiger partial charge on any atom is -0.211 e. The molecule has 1 unspecified atom stereocenters. The Labute approximate surface area is 126 Å². The first-order valence-electron chi connectivity index (χ1n) is 3.90. The van der Waals surface area contributed by atoms with Gasteiger partial charge < -0.3 is 0 Å². The third-order valence-electron chi connectivity index (χ3n) is 1.90. The lowest BCUT2D eigenvalue weighted by Crippen LogP contribution is -2.68. The Morgan fingerprint density at radius 3 is 1.05 bits per heavy atom. The van der Waals surface area contributed by atoms with Gasteiger partial charge in [0, 0.05) is 22.6 Å². The standard InChI is InChI=1S/C6Cl2F11I/c7-1(9,5(8,16)17)2(10,11)3(12,13)4(14,15)6(18,19)20. The Bertz CT molecular complexity index is 332. The van der Waals surface area contributed by atoms with Crippen molar-refractivity contribution in [1.82, 2.24) is 0 Å². The fourth-order valence-electron chi connectivity index (χ4n) is 0.750. The minimum absolute atomic E-state index is 0.649. The van der Waals surface area contributed by atoms with E-state index in [-0.39, 0.29) is 0 Å². The van der Waals surface area contributed by atoms with E-state index in [0.29, 0.717) is 0 Å². The van der Waals surface area contributed by atoms with Crippen molar-refractivity contribution in [1.29, 1.82) is 0 Å². The van der Waals surface area contributed by atoms with Gasteiger partial charge in [-0.2, -0.15) is 43.9 Å².